The monoisotopic (exact) mass is 307 g/mol. The fraction of sp³-hybridized carbons (Fsp3) is 0.312. The molecule has 0 saturated heterocycles. The van der Waals surface area contributed by atoms with Crippen LogP contribution in [0, 0.1) is 0 Å². The summed E-state index contributed by atoms with van der Waals surface area (Å²) >= 11 is 5.86. The van der Waals surface area contributed by atoms with Crippen molar-refractivity contribution in [2.45, 2.75) is 32.9 Å². The van der Waals surface area contributed by atoms with Crippen molar-refractivity contribution in [1.82, 2.24) is 4.57 Å². The Labute approximate surface area is 128 Å². The average Bonchev–Trinajstić information content (AvgIpc) is 2.82. The quantitative estimate of drug-likeness (QED) is 0.876. The number of hydrogen-bond donors (Lipinski definition) is 1. The van der Waals surface area contributed by atoms with E-state index in [1.807, 2.05) is 18.4 Å². The van der Waals surface area contributed by atoms with Crippen LogP contribution in [-0.4, -0.2) is 15.6 Å². The van der Waals surface area contributed by atoms with Gasteiger partial charge in [0.15, 0.2) is 0 Å². The summed E-state index contributed by atoms with van der Waals surface area (Å²) in [6, 6.07) is 8.82. The zero-order valence-corrected chi connectivity index (χ0v) is 13.0. The molecule has 0 aliphatic heterocycles. The number of aliphatic hydroxyl groups is 1. The van der Waals surface area contributed by atoms with Crippen molar-refractivity contribution in [2.24, 2.45) is 0 Å². The minimum Gasteiger partial charge on any atom is -0.425 e. The molecule has 2 aromatic rings. The zero-order valence-electron chi connectivity index (χ0n) is 12.2. The third-order valence-corrected chi connectivity index (χ3v) is 3.39. The third-order valence-electron chi connectivity index (χ3n) is 3.14. The standard InChI is InChI=1S/C16H18ClNO3/c1-10(2)18-9-14(21-11(3)19)8-15(18)16(20)12-4-6-13(17)7-5-12/h4-10,16,20H,1-3H3. The van der Waals surface area contributed by atoms with Gasteiger partial charge in [-0.25, -0.2) is 0 Å². The van der Waals surface area contributed by atoms with Crippen molar-refractivity contribution < 1.29 is 14.6 Å². The van der Waals surface area contributed by atoms with Gasteiger partial charge in [-0.2, -0.15) is 0 Å². The number of hydrogen-bond acceptors (Lipinski definition) is 3. The first kappa shape index (κ1) is 15.6. The number of nitrogens with zero attached hydrogens (tertiary/aromatic N) is 1. The molecule has 0 aliphatic carbocycles. The molecule has 0 spiro atoms. The number of benzene rings is 1. The average molecular weight is 308 g/mol. The van der Waals surface area contributed by atoms with Gasteiger partial charge in [0.2, 0.25) is 0 Å². The molecule has 1 atom stereocenters. The second-order valence-electron chi connectivity index (χ2n) is 5.15. The fourth-order valence-corrected chi connectivity index (χ4v) is 2.30. The largest absolute Gasteiger partial charge is 0.425 e. The molecule has 0 saturated carbocycles. The van der Waals surface area contributed by atoms with Crippen LogP contribution >= 0.6 is 11.6 Å². The van der Waals surface area contributed by atoms with Gasteiger partial charge < -0.3 is 14.4 Å². The Hall–Kier alpha value is -1.78. The van der Waals surface area contributed by atoms with E-state index < -0.39 is 6.10 Å². The van der Waals surface area contributed by atoms with E-state index in [2.05, 4.69) is 0 Å². The molecule has 1 heterocycles. The van der Waals surface area contributed by atoms with E-state index in [0.29, 0.717) is 16.5 Å². The van der Waals surface area contributed by atoms with Crippen LogP contribution in [0.2, 0.25) is 5.02 Å². The minimum absolute atomic E-state index is 0.131. The van der Waals surface area contributed by atoms with E-state index in [4.69, 9.17) is 16.3 Å². The summed E-state index contributed by atoms with van der Waals surface area (Å²) < 4.78 is 6.99. The molecule has 4 nitrogen and oxygen atoms in total. The maximum atomic E-state index is 11.1. The molecule has 1 N–H and O–H groups in total. The van der Waals surface area contributed by atoms with Crippen LogP contribution in [0.4, 0.5) is 0 Å². The summed E-state index contributed by atoms with van der Waals surface area (Å²) in [5.74, 6) is 0.0441. The summed E-state index contributed by atoms with van der Waals surface area (Å²) in [5.41, 5.74) is 1.40. The van der Waals surface area contributed by atoms with Gasteiger partial charge in [0.05, 0.1) is 5.69 Å². The number of carbonyl (C=O) groups excluding carboxylic acids is 1. The summed E-state index contributed by atoms with van der Waals surface area (Å²) in [7, 11) is 0. The van der Waals surface area contributed by atoms with Gasteiger partial charge in [0.25, 0.3) is 0 Å². The van der Waals surface area contributed by atoms with E-state index in [1.54, 1.807) is 36.5 Å². The highest BCUT2D eigenvalue weighted by molar-refractivity contribution is 6.30. The van der Waals surface area contributed by atoms with E-state index >= 15 is 0 Å². The lowest BCUT2D eigenvalue weighted by Gasteiger charge is -2.17. The Morgan fingerprint density at radius 1 is 1.29 bits per heavy atom. The molecule has 0 aliphatic rings. The van der Waals surface area contributed by atoms with Gasteiger partial charge >= 0.3 is 5.97 Å². The molecule has 0 fully saturated rings. The van der Waals surface area contributed by atoms with Crippen molar-refractivity contribution in [1.29, 1.82) is 0 Å². The van der Waals surface area contributed by atoms with Gasteiger partial charge in [-0.1, -0.05) is 23.7 Å². The molecule has 0 bridgehead atoms. The highest BCUT2D eigenvalue weighted by Crippen LogP contribution is 2.30. The van der Waals surface area contributed by atoms with Crippen LogP contribution in [0.25, 0.3) is 0 Å². The van der Waals surface area contributed by atoms with E-state index in [-0.39, 0.29) is 12.0 Å². The van der Waals surface area contributed by atoms with Crippen molar-refractivity contribution >= 4 is 17.6 Å². The molecule has 5 heteroatoms. The van der Waals surface area contributed by atoms with E-state index in [9.17, 15) is 9.90 Å². The van der Waals surface area contributed by atoms with Crippen LogP contribution in [-0.2, 0) is 4.79 Å². The van der Waals surface area contributed by atoms with E-state index in [0.717, 1.165) is 5.56 Å². The molecular weight excluding hydrogens is 290 g/mol. The first-order valence-corrected chi connectivity index (χ1v) is 7.10. The Morgan fingerprint density at radius 3 is 2.43 bits per heavy atom. The van der Waals surface area contributed by atoms with Crippen molar-refractivity contribution in [3.05, 3.63) is 52.8 Å². The summed E-state index contributed by atoms with van der Waals surface area (Å²) in [4.78, 5) is 11.1. The fourth-order valence-electron chi connectivity index (χ4n) is 2.17. The first-order chi connectivity index (χ1) is 9.88. The first-order valence-electron chi connectivity index (χ1n) is 6.72. The summed E-state index contributed by atoms with van der Waals surface area (Å²) in [6.45, 7) is 5.34. The van der Waals surface area contributed by atoms with E-state index in [1.165, 1.54) is 6.92 Å². The molecule has 112 valence electrons. The SMILES string of the molecule is CC(=O)Oc1cc(C(O)c2ccc(Cl)cc2)n(C(C)C)c1. The van der Waals surface area contributed by atoms with Crippen molar-refractivity contribution in [2.75, 3.05) is 0 Å². The summed E-state index contributed by atoms with van der Waals surface area (Å²) in [5, 5.41) is 11.2. The maximum absolute atomic E-state index is 11.1. The Bertz CT molecular complexity index is 631. The lowest BCUT2D eigenvalue weighted by molar-refractivity contribution is -0.131. The van der Waals surface area contributed by atoms with Crippen LogP contribution in [0.5, 0.6) is 5.75 Å². The van der Waals surface area contributed by atoms with Crippen LogP contribution < -0.4 is 4.74 Å². The molecule has 1 aromatic heterocycles. The van der Waals surface area contributed by atoms with Crippen molar-refractivity contribution in [3.8, 4) is 5.75 Å². The lowest BCUT2D eigenvalue weighted by Crippen LogP contribution is -2.09. The number of halogens is 1. The van der Waals surface area contributed by atoms with Gasteiger partial charge in [0.1, 0.15) is 11.9 Å². The minimum atomic E-state index is -0.811. The predicted molar refractivity (Wildman–Crippen MR) is 81.6 cm³/mol. The van der Waals surface area contributed by atoms with Crippen LogP contribution in [0.15, 0.2) is 36.5 Å². The second kappa shape index (κ2) is 6.33. The Balaban J connectivity index is 2.38. The Kier molecular flexibility index (Phi) is 4.70. The molecule has 0 amide bonds. The normalized spacial score (nSPS) is 12.5. The third kappa shape index (κ3) is 3.65. The number of ether oxygens (including phenoxy) is 1. The number of aromatic nitrogens is 1. The van der Waals surface area contributed by atoms with Gasteiger partial charge in [-0.05, 0) is 31.5 Å². The number of rotatable bonds is 4. The molecule has 0 radical (unpaired) electrons. The zero-order chi connectivity index (χ0) is 15.6. The molecular formula is C16H18ClNO3. The van der Waals surface area contributed by atoms with Gasteiger partial charge in [0, 0.05) is 30.3 Å². The smallest absolute Gasteiger partial charge is 0.308 e. The molecule has 1 unspecified atom stereocenters. The number of aliphatic hydroxyl groups excluding tert-OH is 1. The summed E-state index contributed by atoms with van der Waals surface area (Å²) in [6.07, 6.45) is 0.912. The Morgan fingerprint density at radius 2 is 1.90 bits per heavy atom. The van der Waals surface area contributed by atoms with Gasteiger partial charge in [-0.15, -0.1) is 0 Å². The molecule has 21 heavy (non-hydrogen) atoms. The highest BCUT2D eigenvalue weighted by Gasteiger charge is 2.19. The number of carbonyl (C=O) groups is 1. The number of esters is 1. The second-order valence-corrected chi connectivity index (χ2v) is 5.59. The predicted octanol–water partition coefficient (Wildman–Crippen LogP) is 3.73. The highest BCUT2D eigenvalue weighted by atomic mass is 35.5. The molecule has 2 rings (SSSR count). The van der Waals surface area contributed by atoms with Crippen molar-refractivity contribution in [3.63, 3.8) is 0 Å². The maximum Gasteiger partial charge on any atom is 0.308 e. The van der Waals surface area contributed by atoms with Crippen LogP contribution in [0.1, 0.15) is 44.2 Å². The topological polar surface area (TPSA) is 51.5 Å². The van der Waals surface area contributed by atoms with Gasteiger partial charge in [-0.3, -0.25) is 4.79 Å². The molecule has 1 aromatic carbocycles. The van der Waals surface area contributed by atoms with Crippen LogP contribution in [0.3, 0.4) is 0 Å². The lowest BCUT2D eigenvalue weighted by atomic mass is 10.1.